The first-order chi connectivity index (χ1) is 12.6. The maximum atomic E-state index is 12.2. The van der Waals surface area contributed by atoms with Gasteiger partial charge in [-0.25, -0.2) is 9.97 Å². The average Bonchev–Trinajstić information content (AvgIpc) is 2.66. The van der Waals surface area contributed by atoms with E-state index in [0.717, 1.165) is 31.9 Å². The second kappa shape index (κ2) is 8.86. The molecule has 1 aliphatic heterocycles. The molecule has 3 rings (SSSR count). The number of aromatic nitrogens is 2. The van der Waals surface area contributed by atoms with Gasteiger partial charge in [-0.2, -0.15) is 0 Å². The first-order valence-electron chi connectivity index (χ1n) is 8.65. The molecule has 0 spiro atoms. The third kappa shape index (κ3) is 5.34. The Labute approximate surface area is 157 Å². The molecule has 7 nitrogen and oxygen atoms in total. The number of amides is 1. The van der Waals surface area contributed by atoms with E-state index in [1.807, 2.05) is 4.90 Å². The van der Waals surface area contributed by atoms with Gasteiger partial charge in [-0.05, 0) is 12.5 Å². The molecule has 1 aromatic heterocycles. The van der Waals surface area contributed by atoms with Crippen molar-refractivity contribution in [2.75, 3.05) is 43.8 Å². The monoisotopic (exact) mass is 372 g/mol. The van der Waals surface area contributed by atoms with Crippen molar-refractivity contribution in [3.8, 4) is 0 Å². The number of hydrogen-bond donors (Lipinski definition) is 3. The summed E-state index contributed by atoms with van der Waals surface area (Å²) in [6.07, 6.45) is 0. The standard InChI is InChI=1S/C18H24N6OS/c1-13-2-4-14(5-3-13)12-26-18-22-15(19)10-16(23-18)21-11-17(25)24-8-6-20-7-9-24/h2-5,10,20H,6-9,11-12H2,1H3,(H3,19,21,22,23). The zero-order valence-corrected chi connectivity index (χ0v) is 15.7. The van der Waals surface area contributed by atoms with Gasteiger partial charge in [0.15, 0.2) is 5.16 Å². The molecular formula is C18H24N6OS. The Bertz CT molecular complexity index is 746. The Hall–Kier alpha value is -2.32. The molecule has 1 aliphatic rings. The summed E-state index contributed by atoms with van der Waals surface area (Å²) < 4.78 is 0. The summed E-state index contributed by atoms with van der Waals surface area (Å²) in [4.78, 5) is 22.8. The highest BCUT2D eigenvalue weighted by molar-refractivity contribution is 7.98. The lowest BCUT2D eigenvalue weighted by Crippen LogP contribution is -2.48. The van der Waals surface area contributed by atoms with E-state index in [1.54, 1.807) is 6.07 Å². The van der Waals surface area contributed by atoms with Gasteiger partial charge in [-0.1, -0.05) is 41.6 Å². The second-order valence-corrected chi connectivity index (χ2v) is 7.16. The molecule has 0 saturated carbocycles. The zero-order chi connectivity index (χ0) is 18.4. The van der Waals surface area contributed by atoms with E-state index in [9.17, 15) is 4.79 Å². The zero-order valence-electron chi connectivity index (χ0n) is 14.9. The molecule has 0 aliphatic carbocycles. The Kier molecular flexibility index (Phi) is 6.30. The van der Waals surface area contributed by atoms with Crippen LogP contribution in [-0.4, -0.2) is 53.5 Å². The number of piperazine rings is 1. The van der Waals surface area contributed by atoms with Gasteiger partial charge in [-0.15, -0.1) is 0 Å². The minimum Gasteiger partial charge on any atom is -0.383 e. The minimum atomic E-state index is 0.0672. The highest BCUT2D eigenvalue weighted by Gasteiger charge is 2.16. The molecule has 1 fully saturated rings. The Morgan fingerprint density at radius 3 is 2.73 bits per heavy atom. The highest BCUT2D eigenvalue weighted by atomic mass is 32.2. The van der Waals surface area contributed by atoms with Crippen molar-refractivity contribution in [1.29, 1.82) is 0 Å². The number of nitrogens with one attached hydrogen (secondary N) is 2. The third-order valence-electron chi connectivity index (χ3n) is 4.10. The maximum Gasteiger partial charge on any atom is 0.242 e. The van der Waals surface area contributed by atoms with Crippen molar-refractivity contribution >= 4 is 29.3 Å². The van der Waals surface area contributed by atoms with Crippen molar-refractivity contribution in [2.24, 2.45) is 0 Å². The van der Waals surface area contributed by atoms with Gasteiger partial charge in [0, 0.05) is 38.0 Å². The molecule has 138 valence electrons. The van der Waals surface area contributed by atoms with Crippen molar-refractivity contribution in [1.82, 2.24) is 20.2 Å². The molecular weight excluding hydrogens is 348 g/mol. The number of carbonyl (C=O) groups excluding carboxylic acids is 1. The van der Waals surface area contributed by atoms with Crippen LogP contribution in [0.15, 0.2) is 35.5 Å². The predicted octanol–water partition coefficient (Wildman–Crippen LogP) is 1.50. The Balaban J connectivity index is 1.56. The van der Waals surface area contributed by atoms with Crippen LogP contribution >= 0.6 is 11.8 Å². The summed E-state index contributed by atoms with van der Waals surface area (Å²) in [5.41, 5.74) is 8.33. The summed E-state index contributed by atoms with van der Waals surface area (Å²) in [7, 11) is 0. The molecule has 4 N–H and O–H groups in total. The fraction of sp³-hybridized carbons (Fsp3) is 0.389. The second-order valence-electron chi connectivity index (χ2n) is 6.22. The molecule has 0 unspecified atom stereocenters. The molecule has 1 amide bonds. The lowest BCUT2D eigenvalue weighted by Gasteiger charge is -2.27. The van der Waals surface area contributed by atoms with Gasteiger partial charge in [-0.3, -0.25) is 4.79 Å². The van der Waals surface area contributed by atoms with Crippen LogP contribution in [0.25, 0.3) is 0 Å². The first-order valence-corrected chi connectivity index (χ1v) is 9.64. The van der Waals surface area contributed by atoms with Crippen LogP contribution in [-0.2, 0) is 10.5 Å². The summed E-state index contributed by atoms with van der Waals surface area (Å²) in [5.74, 6) is 1.80. The summed E-state index contributed by atoms with van der Waals surface area (Å²) in [6.45, 7) is 5.43. The van der Waals surface area contributed by atoms with Crippen molar-refractivity contribution in [2.45, 2.75) is 17.8 Å². The molecule has 0 atom stereocenters. The number of rotatable bonds is 6. The van der Waals surface area contributed by atoms with E-state index in [-0.39, 0.29) is 12.5 Å². The van der Waals surface area contributed by atoms with E-state index in [1.165, 1.54) is 22.9 Å². The maximum absolute atomic E-state index is 12.2. The summed E-state index contributed by atoms with van der Waals surface area (Å²) in [6, 6.07) is 10.0. The molecule has 1 saturated heterocycles. The van der Waals surface area contributed by atoms with E-state index in [4.69, 9.17) is 5.73 Å². The number of nitrogens with zero attached hydrogens (tertiary/aromatic N) is 3. The number of benzene rings is 1. The van der Waals surface area contributed by atoms with Gasteiger partial charge in [0.25, 0.3) is 0 Å². The summed E-state index contributed by atoms with van der Waals surface area (Å²) >= 11 is 1.52. The number of carbonyl (C=O) groups is 1. The van der Waals surface area contributed by atoms with Crippen LogP contribution in [0.2, 0.25) is 0 Å². The number of aryl methyl sites for hydroxylation is 1. The van der Waals surface area contributed by atoms with Gasteiger partial charge in [0.2, 0.25) is 5.91 Å². The molecule has 0 bridgehead atoms. The number of thioether (sulfide) groups is 1. The van der Waals surface area contributed by atoms with Crippen molar-refractivity contribution in [3.63, 3.8) is 0 Å². The molecule has 1 aromatic carbocycles. The fourth-order valence-electron chi connectivity index (χ4n) is 2.62. The van der Waals surface area contributed by atoms with Crippen LogP contribution < -0.4 is 16.4 Å². The van der Waals surface area contributed by atoms with Gasteiger partial charge < -0.3 is 21.3 Å². The lowest BCUT2D eigenvalue weighted by molar-refractivity contribution is -0.129. The third-order valence-corrected chi connectivity index (χ3v) is 5.02. The van der Waals surface area contributed by atoms with Gasteiger partial charge in [0.05, 0.1) is 6.54 Å². The van der Waals surface area contributed by atoms with E-state index >= 15 is 0 Å². The molecule has 8 heteroatoms. The Morgan fingerprint density at radius 2 is 2.00 bits per heavy atom. The fourth-order valence-corrected chi connectivity index (χ4v) is 3.44. The van der Waals surface area contributed by atoms with Crippen LogP contribution in [0.4, 0.5) is 11.6 Å². The normalized spacial score (nSPS) is 14.3. The molecule has 2 heterocycles. The topological polar surface area (TPSA) is 96.2 Å². The number of hydrogen-bond acceptors (Lipinski definition) is 7. The van der Waals surface area contributed by atoms with Crippen molar-refractivity contribution < 1.29 is 4.79 Å². The number of nitrogens with two attached hydrogens (primary N) is 1. The average molecular weight is 372 g/mol. The predicted molar refractivity (Wildman–Crippen MR) is 105 cm³/mol. The van der Waals surface area contributed by atoms with Crippen LogP contribution in [0.1, 0.15) is 11.1 Å². The summed E-state index contributed by atoms with van der Waals surface area (Å²) in [5, 5.41) is 6.91. The van der Waals surface area contributed by atoms with Crippen LogP contribution in [0.3, 0.4) is 0 Å². The largest absolute Gasteiger partial charge is 0.383 e. The highest BCUT2D eigenvalue weighted by Crippen LogP contribution is 2.22. The smallest absolute Gasteiger partial charge is 0.242 e. The number of anilines is 2. The van der Waals surface area contributed by atoms with Crippen molar-refractivity contribution in [3.05, 3.63) is 41.5 Å². The van der Waals surface area contributed by atoms with E-state index < -0.39 is 0 Å². The van der Waals surface area contributed by atoms with E-state index in [0.29, 0.717) is 16.8 Å². The molecule has 26 heavy (non-hydrogen) atoms. The van der Waals surface area contributed by atoms with Gasteiger partial charge >= 0.3 is 0 Å². The van der Waals surface area contributed by atoms with Crippen LogP contribution in [0.5, 0.6) is 0 Å². The Morgan fingerprint density at radius 1 is 1.27 bits per heavy atom. The van der Waals surface area contributed by atoms with Gasteiger partial charge in [0.1, 0.15) is 11.6 Å². The first kappa shape index (κ1) is 18.5. The lowest BCUT2D eigenvalue weighted by atomic mass is 10.2. The SMILES string of the molecule is Cc1ccc(CSc2nc(N)cc(NCC(=O)N3CCNCC3)n2)cc1. The van der Waals surface area contributed by atoms with Crippen LogP contribution in [0, 0.1) is 6.92 Å². The molecule has 0 radical (unpaired) electrons. The molecule has 2 aromatic rings. The minimum absolute atomic E-state index is 0.0672. The van der Waals surface area contributed by atoms with E-state index in [2.05, 4.69) is 51.8 Å². The number of nitrogen functional groups attached to an aromatic ring is 1. The quantitative estimate of drug-likeness (QED) is 0.522.